The molecular weight excluding hydrogens is 409 g/mol. The first kappa shape index (κ1) is 17.4. The van der Waals surface area contributed by atoms with E-state index in [1.54, 1.807) is 24.3 Å². The molecule has 0 aliphatic heterocycles. The van der Waals surface area contributed by atoms with Gasteiger partial charge in [-0.1, -0.05) is 45.0 Å². The Bertz CT molecular complexity index is 730. The van der Waals surface area contributed by atoms with Crippen molar-refractivity contribution in [3.8, 4) is 0 Å². The molecule has 2 aromatic rings. The molecule has 0 atom stereocenters. The number of halogens is 1. The lowest BCUT2D eigenvalue weighted by molar-refractivity contribution is 0.580. The Balaban J connectivity index is 2.07. The smallest absolute Gasteiger partial charge is 0.207 e. The van der Waals surface area contributed by atoms with E-state index in [-0.39, 0.29) is 5.41 Å². The van der Waals surface area contributed by atoms with Gasteiger partial charge in [-0.15, -0.1) is 0 Å². The second-order valence-electron chi connectivity index (χ2n) is 6.23. The number of rotatable bonds is 4. The van der Waals surface area contributed by atoms with Gasteiger partial charge in [-0.3, -0.25) is 0 Å². The van der Waals surface area contributed by atoms with E-state index in [4.69, 9.17) is 0 Å². The number of sulfonamides is 1. The molecule has 0 unspecified atom stereocenters. The molecule has 3 nitrogen and oxygen atoms in total. The van der Waals surface area contributed by atoms with Gasteiger partial charge in [-0.25, -0.2) is 13.1 Å². The summed E-state index contributed by atoms with van der Waals surface area (Å²) >= 11 is 2.15. The lowest BCUT2D eigenvalue weighted by Crippen LogP contribution is -2.23. The van der Waals surface area contributed by atoms with Crippen LogP contribution in [-0.4, -0.2) is 8.42 Å². The van der Waals surface area contributed by atoms with E-state index in [1.165, 1.54) is 5.56 Å². The Kier molecular flexibility index (Phi) is 5.29. The molecule has 0 spiro atoms. The predicted molar refractivity (Wildman–Crippen MR) is 98.3 cm³/mol. The highest BCUT2D eigenvalue weighted by molar-refractivity contribution is 14.1. The highest BCUT2D eigenvalue weighted by atomic mass is 127. The zero-order valence-electron chi connectivity index (χ0n) is 12.9. The second kappa shape index (κ2) is 6.68. The van der Waals surface area contributed by atoms with E-state index < -0.39 is 10.0 Å². The number of hydrogen-bond donors (Lipinski definition) is 1. The molecule has 0 heterocycles. The monoisotopic (exact) mass is 429 g/mol. The van der Waals surface area contributed by atoms with Crippen LogP contribution in [0.3, 0.4) is 0 Å². The summed E-state index contributed by atoms with van der Waals surface area (Å²) in [5, 5.41) is 0. The number of hydrogen-bond acceptors (Lipinski definition) is 2. The summed E-state index contributed by atoms with van der Waals surface area (Å²) in [7, 11) is -3.47. The molecular formula is C17H20INO2S. The fourth-order valence-electron chi connectivity index (χ4n) is 2.00. The number of nitrogens with one attached hydrogen (secondary N) is 1. The van der Waals surface area contributed by atoms with Crippen LogP contribution in [0.15, 0.2) is 53.4 Å². The summed E-state index contributed by atoms with van der Waals surface area (Å²) in [6.07, 6.45) is 0. The fraction of sp³-hybridized carbons (Fsp3) is 0.294. The third-order valence-corrected chi connectivity index (χ3v) is 5.55. The van der Waals surface area contributed by atoms with Crippen LogP contribution in [0, 0.1) is 3.57 Å². The molecule has 0 aliphatic carbocycles. The molecule has 2 aromatic carbocycles. The van der Waals surface area contributed by atoms with Crippen LogP contribution < -0.4 is 4.72 Å². The average Bonchev–Trinajstić information content (AvgIpc) is 2.45. The van der Waals surface area contributed by atoms with Gasteiger partial charge >= 0.3 is 0 Å². The van der Waals surface area contributed by atoms with Crippen molar-refractivity contribution >= 4 is 32.6 Å². The predicted octanol–water partition coefficient (Wildman–Crippen LogP) is 4.07. The van der Waals surface area contributed by atoms with Crippen molar-refractivity contribution < 1.29 is 8.42 Å². The van der Waals surface area contributed by atoms with Crippen LogP contribution in [0.2, 0.25) is 0 Å². The molecule has 22 heavy (non-hydrogen) atoms. The van der Waals surface area contributed by atoms with Gasteiger partial charge in [0.2, 0.25) is 10.0 Å². The second-order valence-corrected chi connectivity index (χ2v) is 9.24. The largest absolute Gasteiger partial charge is 0.240 e. The Labute approximate surface area is 146 Å². The zero-order valence-corrected chi connectivity index (χ0v) is 15.9. The standard InChI is InChI=1S/C17H20INO2S/c1-17(2,3)14-6-4-13(5-7-14)12-19-22(20,21)16-10-8-15(18)9-11-16/h4-11,19H,12H2,1-3H3. The maximum atomic E-state index is 12.2. The van der Waals surface area contributed by atoms with Gasteiger partial charge in [0.25, 0.3) is 0 Å². The molecule has 0 amide bonds. The van der Waals surface area contributed by atoms with Crippen molar-refractivity contribution in [2.24, 2.45) is 0 Å². The Morgan fingerprint density at radius 3 is 2.00 bits per heavy atom. The molecule has 0 aliphatic rings. The summed E-state index contributed by atoms with van der Waals surface area (Å²) < 4.78 is 28.1. The lowest BCUT2D eigenvalue weighted by atomic mass is 9.87. The van der Waals surface area contributed by atoms with Gasteiger partial charge in [-0.05, 0) is 63.4 Å². The number of benzene rings is 2. The summed E-state index contributed by atoms with van der Waals surface area (Å²) in [4.78, 5) is 0.291. The summed E-state index contributed by atoms with van der Waals surface area (Å²) in [5.41, 5.74) is 2.28. The van der Waals surface area contributed by atoms with E-state index in [9.17, 15) is 8.42 Å². The quantitative estimate of drug-likeness (QED) is 0.745. The maximum Gasteiger partial charge on any atom is 0.240 e. The molecule has 0 radical (unpaired) electrons. The van der Waals surface area contributed by atoms with Crippen LogP contribution in [0.1, 0.15) is 31.9 Å². The molecule has 118 valence electrons. The van der Waals surface area contributed by atoms with Gasteiger partial charge in [0, 0.05) is 10.1 Å². The van der Waals surface area contributed by atoms with Crippen LogP contribution in [0.4, 0.5) is 0 Å². The SMILES string of the molecule is CC(C)(C)c1ccc(CNS(=O)(=O)c2ccc(I)cc2)cc1. The van der Waals surface area contributed by atoms with Crippen molar-refractivity contribution in [2.75, 3.05) is 0 Å². The Morgan fingerprint density at radius 1 is 0.955 bits per heavy atom. The topological polar surface area (TPSA) is 46.2 Å². The first-order chi connectivity index (χ1) is 10.2. The molecule has 5 heteroatoms. The third-order valence-electron chi connectivity index (χ3n) is 3.41. The molecule has 0 aromatic heterocycles. The summed E-state index contributed by atoms with van der Waals surface area (Å²) in [5.74, 6) is 0. The first-order valence-corrected chi connectivity index (χ1v) is 9.59. The van der Waals surface area contributed by atoms with Gasteiger partial charge < -0.3 is 0 Å². The molecule has 0 saturated heterocycles. The van der Waals surface area contributed by atoms with Gasteiger partial charge in [0.1, 0.15) is 0 Å². The normalized spacial score (nSPS) is 12.4. The first-order valence-electron chi connectivity index (χ1n) is 7.03. The minimum atomic E-state index is -3.47. The Morgan fingerprint density at radius 2 is 1.50 bits per heavy atom. The van der Waals surface area contributed by atoms with Crippen LogP contribution in [0.5, 0.6) is 0 Å². The van der Waals surface area contributed by atoms with Crippen molar-refractivity contribution in [3.05, 3.63) is 63.2 Å². The van der Waals surface area contributed by atoms with Crippen molar-refractivity contribution in [1.29, 1.82) is 0 Å². The van der Waals surface area contributed by atoms with E-state index >= 15 is 0 Å². The lowest BCUT2D eigenvalue weighted by Gasteiger charge is -2.19. The minimum Gasteiger partial charge on any atom is -0.207 e. The molecule has 0 fully saturated rings. The van der Waals surface area contributed by atoms with Crippen molar-refractivity contribution in [1.82, 2.24) is 4.72 Å². The third kappa shape index (κ3) is 4.54. The Hall–Kier alpha value is -0.920. The van der Waals surface area contributed by atoms with Crippen LogP contribution >= 0.6 is 22.6 Å². The van der Waals surface area contributed by atoms with Crippen LogP contribution in [-0.2, 0) is 22.0 Å². The highest BCUT2D eigenvalue weighted by Crippen LogP contribution is 2.22. The van der Waals surface area contributed by atoms with Crippen LogP contribution in [0.25, 0.3) is 0 Å². The average molecular weight is 429 g/mol. The van der Waals surface area contributed by atoms with E-state index in [0.717, 1.165) is 9.13 Å². The molecule has 1 N–H and O–H groups in total. The van der Waals surface area contributed by atoms with Gasteiger partial charge in [0.15, 0.2) is 0 Å². The van der Waals surface area contributed by atoms with Crippen molar-refractivity contribution in [3.63, 3.8) is 0 Å². The van der Waals surface area contributed by atoms with Gasteiger partial charge in [0.05, 0.1) is 4.90 Å². The molecule has 0 bridgehead atoms. The molecule has 0 saturated carbocycles. The summed E-state index contributed by atoms with van der Waals surface area (Å²) in [6.45, 7) is 6.75. The summed E-state index contributed by atoms with van der Waals surface area (Å²) in [6, 6.07) is 14.8. The van der Waals surface area contributed by atoms with Crippen molar-refractivity contribution in [2.45, 2.75) is 37.6 Å². The highest BCUT2D eigenvalue weighted by Gasteiger charge is 2.15. The zero-order chi connectivity index (χ0) is 16.4. The maximum absolute atomic E-state index is 12.2. The van der Waals surface area contributed by atoms with Gasteiger partial charge in [-0.2, -0.15) is 0 Å². The fourth-order valence-corrected chi connectivity index (χ4v) is 3.38. The van der Waals surface area contributed by atoms with E-state index in [0.29, 0.717) is 11.4 Å². The minimum absolute atomic E-state index is 0.0964. The molecule has 2 rings (SSSR count). The van der Waals surface area contributed by atoms with E-state index in [1.807, 2.05) is 12.1 Å². The van der Waals surface area contributed by atoms with E-state index in [2.05, 4.69) is 60.2 Å².